The number of nitrogens with one attached hydrogen (secondary N) is 2. The van der Waals surface area contributed by atoms with Gasteiger partial charge in [0, 0.05) is 26.3 Å². The Balaban J connectivity index is 2.08. The van der Waals surface area contributed by atoms with Gasteiger partial charge in [0.15, 0.2) is 0 Å². The van der Waals surface area contributed by atoms with Gasteiger partial charge in [-0.15, -0.1) is 0 Å². The van der Waals surface area contributed by atoms with Crippen molar-refractivity contribution in [1.82, 2.24) is 9.55 Å². The summed E-state index contributed by atoms with van der Waals surface area (Å²) in [5, 5.41) is 3.05. The topological polar surface area (TPSA) is 102 Å². The number of anilines is 2. The normalized spacial score (nSPS) is 18.4. The van der Waals surface area contributed by atoms with Gasteiger partial charge in [-0.2, -0.15) is 0 Å². The van der Waals surface area contributed by atoms with Crippen molar-refractivity contribution in [2.45, 2.75) is 32.7 Å². The molecule has 0 amide bonds. The molecule has 0 aromatic carbocycles. The summed E-state index contributed by atoms with van der Waals surface area (Å²) in [6.07, 6.45) is 2.75. The maximum atomic E-state index is 11.8. The van der Waals surface area contributed by atoms with Gasteiger partial charge in [0.2, 0.25) is 0 Å². The van der Waals surface area contributed by atoms with E-state index in [1.54, 1.807) is 0 Å². The first kappa shape index (κ1) is 14.6. The number of nitrogens with two attached hydrogens (primary N) is 1. The van der Waals surface area contributed by atoms with Crippen LogP contribution in [0.3, 0.4) is 0 Å². The molecular weight excluding hydrogens is 260 g/mol. The molecule has 1 aliphatic heterocycles. The van der Waals surface area contributed by atoms with Gasteiger partial charge in [0.05, 0.1) is 0 Å². The van der Waals surface area contributed by atoms with Crippen molar-refractivity contribution < 1.29 is 4.74 Å². The summed E-state index contributed by atoms with van der Waals surface area (Å²) in [5.74, 6) is 0.743. The molecule has 1 atom stereocenters. The number of aromatic nitrogens is 2. The average molecular weight is 282 g/mol. The van der Waals surface area contributed by atoms with E-state index in [-0.39, 0.29) is 11.5 Å². The lowest BCUT2D eigenvalue weighted by Gasteiger charge is -2.14. The molecule has 0 radical (unpaired) electrons. The van der Waals surface area contributed by atoms with E-state index in [2.05, 4.69) is 10.3 Å². The quantitative estimate of drug-likeness (QED) is 0.699. The van der Waals surface area contributed by atoms with Crippen LogP contribution in [0.1, 0.15) is 26.2 Å². The first-order chi connectivity index (χ1) is 9.63. The minimum Gasteiger partial charge on any atom is -0.383 e. The Morgan fingerprint density at radius 2 is 2.30 bits per heavy atom. The predicted molar refractivity (Wildman–Crippen MR) is 78.1 cm³/mol. The standard InChI is InChI=1S/C13H22N4O3/c1-2-6-17-11(14)10(12(18)16-13(17)19)15-5-3-9-4-7-20-8-9/h9,15H,2-8,14H2,1H3,(H,16,18,19). The number of rotatable bonds is 6. The number of H-pyrrole nitrogens is 1. The van der Waals surface area contributed by atoms with E-state index in [1.807, 2.05) is 6.92 Å². The molecule has 2 rings (SSSR count). The molecule has 1 aromatic rings. The van der Waals surface area contributed by atoms with Crippen LogP contribution >= 0.6 is 0 Å². The van der Waals surface area contributed by atoms with E-state index in [1.165, 1.54) is 4.57 Å². The monoisotopic (exact) mass is 282 g/mol. The minimum absolute atomic E-state index is 0.211. The molecule has 0 aliphatic carbocycles. The maximum absolute atomic E-state index is 11.8. The van der Waals surface area contributed by atoms with Gasteiger partial charge in [0.1, 0.15) is 11.5 Å². The van der Waals surface area contributed by atoms with Crippen LogP contribution in [-0.2, 0) is 11.3 Å². The highest BCUT2D eigenvalue weighted by Crippen LogP contribution is 2.17. The van der Waals surface area contributed by atoms with E-state index in [4.69, 9.17) is 10.5 Å². The first-order valence-corrected chi connectivity index (χ1v) is 7.07. The second-order valence-corrected chi connectivity index (χ2v) is 5.12. The molecule has 0 saturated carbocycles. The number of hydrogen-bond acceptors (Lipinski definition) is 5. The molecular formula is C13H22N4O3. The van der Waals surface area contributed by atoms with Crippen molar-refractivity contribution in [1.29, 1.82) is 0 Å². The van der Waals surface area contributed by atoms with Gasteiger partial charge in [-0.05, 0) is 25.2 Å². The molecule has 2 heterocycles. The van der Waals surface area contributed by atoms with Gasteiger partial charge in [-0.3, -0.25) is 14.3 Å². The lowest BCUT2D eigenvalue weighted by molar-refractivity contribution is 0.185. The van der Waals surface area contributed by atoms with E-state index >= 15 is 0 Å². The van der Waals surface area contributed by atoms with Gasteiger partial charge in [0.25, 0.3) is 5.56 Å². The van der Waals surface area contributed by atoms with E-state index in [0.29, 0.717) is 19.0 Å². The van der Waals surface area contributed by atoms with Crippen molar-refractivity contribution in [2.24, 2.45) is 5.92 Å². The number of nitrogen functional groups attached to an aromatic ring is 1. The number of hydrogen-bond donors (Lipinski definition) is 3. The van der Waals surface area contributed by atoms with Gasteiger partial charge in [-0.1, -0.05) is 6.92 Å². The second kappa shape index (κ2) is 6.60. The summed E-state index contributed by atoms with van der Waals surface area (Å²) >= 11 is 0. The van der Waals surface area contributed by atoms with Crippen LogP contribution in [0.15, 0.2) is 9.59 Å². The maximum Gasteiger partial charge on any atom is 0.330 e. The molecule has 0 spiro atoms. The predicted octanol–water partition coefficient (Wildman–Crippen LogP) is 0.367. The summed E-state index contributed by atoms with van der Waals surface area (Å²) in [6, 6.07) is 0. The molecule has 112 valence electrons. The Morgan fingerprint density at radius 3 is 2.95 bits per heavy atom. The van der Waals surface area contributed by atoms with Crippen LogP contribution in [0.25, 0.3) is 0 Å². The minimum atomic E-state index is -0.456. The van der Waals surface area contributed by atoms with Crippen LogP contribution in [0, 0.1) is 5.92 Å². The zero-order valence-electron chi connectivity index (χ0n) is 11.8. The molecule has 1 unspecified atom stereocenters. The Hall–Kier alpha value is -1.76. The van der Waals surface area contributed by atoms with Crippen molar-refractivity contribution in [3.8, 4) is 0 Å². The van der Waals surface area contributed by atoms with Crippen LogP contribution in [-0.4, -0.2) is 29.3 Å². The van der Waals surface area contributed by atoms with Crippen LogP contribution in [0.5, 0.6) is 0 Å². The highest BCUT2D eigenvalue weighted by Gasteiger charge is 2.16. The fourth-order valence-electron chi connectivity index (χ4n) is 2.42. The SMILES string of the molecule is CCCn1c(N)c(NCCC2CCOC2)c(=O)[nH]c1=O. The lowest BCUT2D eigenvalue weighted by atomic mass is 10.1. The third kappa shape index (κ3) is 3.22. The summed E-state index contributed by atoms with van der Waals surface area (Å²) in [7, 11) is 0. The molecule has 4 N–H and O–H groups in total. The highest BCUT2D eigenvalue weighted by molar-refractivity contribution is 5.60. The zero-order chi connectivity index (χ0) is 14.5. The van der Waals surface area contributed by atoms with E-state index < -0.39 is 11.2 Å². The summed E-state index contributed by atoms with van der Waals surface area (Å²) in [5.41, 5.74) is 5.30. The summed E-state index contributed by atoms with van der Waals surface area (Å²) < 4.78 is 6.70. The average Bonchev–Trinajstić information content (AvgIpc) is 2.91. The van der Waals surface area contributed by atoms with Gasteiger partial charge >= 0.3 is 5.69 Å². The number of nitrogens with zero attached hydrogens (tertiary/aromatic N) is 1. The van der Waals surface area contributed by atoms with Crippen molar-refractivity contribution in [3.05, 3.63) is 20.8 Å². The first-order valence-electron chi connectivity index (χ1n) is 7.07. The fourth-order valence-corrected chi connectivity index (χ4v) is 2.42. The summed E-state index contributed by atoms with van der Waals surface area (Å²) in [4.78, 5) is 25.8. The van der Waals surface area contributed by atoms with Crippen LogP contribution in [0.4, 0.5) is 11.5 Å². The molecule has 0 bridgehead atoms. The Bertz CT molecular complexity index is 558. The van der Waals surface area contributed by atoms with Crippen molar-refractivity contribution in [2.75, 3.05) is 30.8 Å². The Kier molecular flexibility index (Phi) is 4.84. The Labute approximate surface area is 117 Å². The molecule has 7 heteroatoms. The third-order valence-corrected chi connectivity index (χ3v) is 3.57. The van der Waals surface area contributed by atoms with Crippen LogP contribution < -0.4 is 22.3 Å². The molecule has 20 heavy (non-hydrogen) atoms. The summed E-state index contributed by atoms with van der Waals surface area (Å²) in [6.45, 7) is 4.68. The zero-order valence-corrected chi connectivity index (χ0v) is 11.8. The van der Waals surface area contributed by atoms with Gasteiger partial charge < -0.3 is 15.8 Å². The lowest BCUT2D eigenvalue weighted by Crippen LogP contribution is -2.34. The highest BCUT2D eigenvalue weighted by atomic mass is 16.5. The molecule has 1 aromatic heterocycles. The number of aromatic amines is 1. The molecule has 1 saturated heterocycles. The molecule has 1 fully saturated rings. The fraction of sp³-hybridized carbons (Fsp3) is 0.692. The van der Waals surface area contributed by atoms with Crippen molar-refractivity contribution >= 4 is 11.5 Å². The van der Waals surface area contributed by atoms with Crippen molar-refractivity contribution in [3.63, 3.8) is 0 Å². The largest absolute Gasteiger partial charge is 0.383 e. The second-order valence-electron chi connectivity index (χ2n) is 5.12. The number of ether oxygens (including phenoxy) is 1. The molecule has 1 aliphatic rings. The van der Waals surface area contributed by atoms with E-state index in [0.717, 1.165) is 32.5 Å². The smallest absolute Gasteiger partial charge is 0.330 e. The van der Waals surface area contributed by atoms with Gasteiger partial charge in [-0.25, -0.2) is 4.79 Å². The molecule has 7 nitrogen and oxygen atoms in total. The van der Waals surface area contributed by atoms with E-state index in [9.17, 15) is 9.59 Å². The third-order valence-electron chi connectivity index (χ3n) is 3.57. The Morgan fingerprint density at radius 1 is 1.50 bits per heavy atom. The van der Waals surface area contributed by atoms with Crippen LogP contribution in [0.2, 0.25) is 0 Å².